The lowest BCUT2D eigenvalue weighted by Crippen LogP contribution is -2.44. The summed E-state index contributed by atoms with van der Waals surface area (Å²) in [4.78, 5) is 0.384. The standard InChI is InChI=1S/C23H39BrO3/c1-6-7-8-9-10-11-12-22(23(25-3,26-4)27-5)18-15-20-13-16-21(17-14-20)19(2)24/h13-14,16-17,19,22H,6-12,15,18H2,1-5H3. The molecule has 2 unspecified atom stereocenters. The molecule has 3 nitrogen and oxygen atoms in total. The van der Waals surface area contributed by atoms with Gasteiger partial charge in [0.15, 0.2) is 0 Å². The first kappa shape index (κ1) is 24.6. The van der Waals surface area contributed by atoms with Gasteiger partial charge in [-0.2, -0.15) is 0 Å². The fraction of sp³-hybridized carbons (Fsp3) is 0.739. The van der Waals surface area contributed by atoms with Crippen LogP contribution in [0.5, 0.6) is 0 Å². The van der Waals surface area contributed by atoms with Crippen LogP contribution in [0.2, 0.25) is 0 Å². The number of hydrogen-bond donors (Lipinski definition) is 0. The Bertz CT molecular complexity index is 475. The van der Waals surface area contributed by atoms with Crippen LogP contribution in [0.1, 0.15) is 81.2 Å². The third kappa shape index (κ3) is 8.23. The molecule has 0 amide bonds. The third-order valence-corrected chi connectivity index (χ3v) is 6.01. The van der Waals surface area contributed by atoms with E-state index in [9.17, 15) is 0 Å². The predicted octanol–water partition coefficient (Wildman–Crippen LogP) is 7.03. The lowest BCUT2D eigenvalue weighted by molar-refractivity contribution is -0.380. The SMILES string of the molecule is CCCCCCCCC(CCc1ccc(C(C)Br)cc1)C(OC)(OC)OC. The molecule has 1 rings (SSSR count). The smallest absolute Gasteiger partial charge is 0.285 e. The Kier molecular flexibility index (Phi) is 12.5. The number of ether oxygens (including phenoxy) is 3. The zero-order valence-corrected chi connectivity index (χ0v) is 19.5. The van der Waals surface area contributed by atoms with Crippen LogP contribution in [0.15, 0.2) is 24.3 Å². The van der Waals surface area contributed by atoms with E-state index < -0.39 is 5.97 Å². The molecule has 0 aliphatic carbocycles. The number of unbranched alkanes of at least 4 members (excludes halogenated alkanes) is 5. The van der Waals surface area contributed by atoms with Gasteiger partial charge in [0, 0.05) is 32.1 Å². The van der Waals surface area contributed by atoms with Crippen LogP contribution in [0.25, 0.3) is 0 Å². The van der Waals surface area contributed by atoms with E-state index in [1.165, 1.54) is 49.7 Å². The van der Waals surface area contributed by atoms with E-state index in [2.05, 4.69) is 54.0 Å². The zero-order valence-electron chi connectivity index (χ0n) is 17.9. The summed E-state index contributed by atoms with van der Waals surface area (Å²) < 4.78 is 17.0. The molecule has 0 fully saturated rings. The van der Waals surface area contributed by atoms with E-state index >= 15 is 0 Å². The highest BCUT2D eigenvalue weighted by Crippen LogP contribution is 2.32. The van der Waals surface area contributed by atoms with Gasteiger partial charge in [0.25, 0.3) is 5.97 Å². The van der Waals surface area contributed by atoms with E-state index in [4.69, 9.17) is 14.2 Å². The van der Waals surface area contributed by atoms with Gasteiger partial charge in [-0.1, -0.05) is 85.6 Å². The van der Waals surface area contributed by atoms with Crippen molar-refractivity contribution < 1.29 is 14.2 Å². The molecule has 0 aliphatic heterocycles. The van der Waals surface area contributed by atoms with Crippen molar-refractivity contribution in [2.24, 2.45) is 5.92 Å². The first-order valence-corrected chi connectivity index (χ1v) is 11.3. The fourth-order valence-electron chi connectivity index (χ4n) is 3.71. The van der Waals surface area contributed by atoms with Gasteiger partial charge < -0.3 is 14.2 Å². The first-order chi connectivity index (χ1) is 13.0. The minimum atomic E-state index is -0.951. The third-order valence-electron chi connectivity index (χ3n) is 5.48. The maximum atomic E-state index is 5.68. The first-order valence-electron chi connectivity index (χ1n) is 10.4. The molecule has 27 heavy (non-hydrogen) atoms. The van der Waals surface area contributed by atoms with Gasteiger partial charge in [0.1, 0.15) is 0 Å². The summed E-state index contributed by atoms with van der Waals surface area (Å²) in [6, 6.07) is 8.85. The molecule has 1 aromatic rings. The molecule has 0 aromatic heterocycles. The van der Waals surface area contributed by atoms with Crippen molar-refractivity contribution in [2.45, 2.75) is 82.4 Å². The normalized spacial score (nSPS) is 14.3. The Labute approximate surface area is 175 Å². The molecule has 0 radical (unpaired) electrons. The Morgan fingerprint density at radius 1 is 0.852 bits per heavy atom. The second-order valence-electron chi connectivity index (χ2n) is 7.37. The second kappa shape index (κ2) is 13.7. The van der Waals surface area contributed by atoms with Gasteiger partial charge in [0.05, 0.1) is 0 Å². The molecule has 0 aliphatic rings. The number of halogens is 1. The van der Waals surface area contributed by atoms with Gasteiger partial charge in [-0.15, -0.1) is 0 Å². The van der Waals surface area contributed by atoms with Crippen LogP contribution in [-0.4, -0.2) is 27.3 Å². The summed E-state index contributed by atoms with van der Waals surface area (Å²) >= 11 is 3.62. The fourth-order valence-corrected chi connectivity index (χ4v) is 4.01. The average Bonchev–Trinajstić information content (AvgIpc) is 2.69. The highest BCUT2D eigenvalue weighted by molar-refractivity contribution is 9.09. The Morgan fingerprint density at radius 2 is 1.41 bits per heavy atom. The monoisotopic (exact) mass is 442 g/mol. The molecule has 0 saturated heterocycles. The van der Waals surface area contributed by atoms with Gasteiger partial charge >= 0.3 is 0 Å². The van der Waals surface area contributed by atoms with Crippen molar-refractivity contribution in [2.75, 3.05) is 21.3 Å². The summed E-state index contributed by atoms with van der Waals surface area (Å²) in [7, 11) is 5.02. The molecular formula is C23H39BrO3. The van der Waals surface area contributed by atoms with E-state index in [0.29, 0.717) is 4.83 Å². The summed E-state index contributed by atoms with van der Waals surface area (Å²) in [5, 5.41) is 0. The van der Waals surface area contributed by atoms with Crippen molar-refractivity contribution in [3.63, 3.8) is 0 Å². The van der Waals surface area contributed by atoms with Gasteiger partial charge in [-0.3, -0.25) is 0 Å². The van der Waals surface area contributed by atoms with E-state index in [1.807, 2.05) is 0 Å². The topological polar surface area (TPSA) is 27.7 Å². The number of aryl methyl sites for hydroxylation is 1. The highest BCUT2D eigenvalue weighted by Gasteiger charge is 2.39. The maximum Gasteiger partial charge on any atom is 0.285 e. The van der Waals surface area contributed by atoms with Crippen molar-refractivity contribution >= 4 is 15.9 Å². The van der Waals surface area contributed by atoms with Gasteiger partial charge in [-0.05, 0) is 37.3 Å². The van der Waals surface area contributed by atoms with Crippen LogP contribution in [0.4, 0.5) is 0 Å². The summed E-state index contributed by atoms with van der Waals surface area (Å²) in [6.07, 6.45) is 10.8. The molecule has 0 bridgehead atoms. The number of methoxy groups -OCH3 is 3. The predicted molar refractivity (Wildman–Crippen MR) is 117 cm³/mol. The Balaban J connectivity index is 2.66. The molecule has 156 valence electrons. The van der Waals surface area contributed by atoms with Crippen LogP contribution in [0.3, 0.4) is 0 Å². The van der Waals surface area contributed by atoms with Crippen molar-refractivity contribution in [3.8, 4) is 0 Å². The van der Waals surface area contributed by atoms with Gasteiger partial charge in [-0.25, -0.2) is 0 Å². The average molecular weight is 443 g/mol. The molecule has 4 heteroatoms. The van der Waals surface area contributed by atoms with E-state index in [-0.39, 0.29) is 5.92 Å². The largest absolute Gasteiger partial charge is 0.331 e. The molecule has 0 N–H and O–H groups in total. The summed E-state index contributed by atoms with van der Waals surface area (Å²) in [5.74, 6) is -0.744. The number of hydrogen-bond acceptors (Lipinski definition) is 3. The quantitative estimate of drug-likeness (QED) is 0.165. The van der Waals surface area contributed by atoms with Crippen LogP contribution < -0.4 is 0 Å². The molecule has 1 aromatic carbocycles. The van der Waals surface area contributed by atoms with Crippen LogP contribution in [0, 0.1) is 5.92 Å². The molecular weight excluding hydrogens is 404 g/mol. The lowest BCUT2D eigenvalue weighted by atomic mass is 9.91. The molecule has 0 heterocycles. The van der Waals surface area contributed by atoms with Crippen molar-refractivity contribution in [3.05, 3.63) is 35.4 Å². The molecule has 0 saturated carbocycles. The Morgan fingerprint density at radius 3 is 1.93 bits per heavy atom. The minimum absolute atomic E-state index is 0.207. The molecule has 0 spiro atoms. The number of rotatable bonds is 15. The van der Waals surface area contributed by atoms with E-state index in [0.717, 1.165) is 19.3 Å². The highest BCUT2D eigenvalue weighted by atomic mass is 79.9. The van der Waals surface area contributed by atoms with Gasteiger partial charge in [0.2, 0.25) is 0 Å². The summed E-state index contributed by atoms with van der Waals surface area (Å²) in [6.45, 7) is 4.40. The number of benzene rings is 1. The Hall–Kier alpha value is -0.420. The van der Waals surface area contributed by atoms with E-state index in [1.54, 1.807) is 21.3 Å². The van der Waals surface area contributed by atoms with Crippen molar-refractivity contribution in [1.29, 1.82) is 0 Å². The van der Waals surface area contributed by atoms with Crippen LogP contribution >= 0.6 is 15.9 Å². The van der Waals surface area contributed by atoms with Crippen molar-refractivity contribution in [1.82, 2.24) is 0 Å². The molecule has 2 atom stereocenters. The maximum absolute atomic E-state index is 5.68. The second-order valence-corrected chi connectivity index (χ2v) is 8.74. The lowest BCUT2D eigenvalue weighted by Gasteiger charge is -2.36. The zero-order chi connectivity index (χ0) is 20.1. The minimum Gasteiger partial charge on any atom is -0.331 e. The number of alkyl halides is 1. The summed E-state index contributed by atoms with van der Waals surface area (Å²) in [5.41, 5.74) is 2.65. The van der Waals surface area contributed by atoms with Crippen LogP contribution in [-0.2, 0) is 20.6 Å².